The number of nitrogens with one attached hydrogen (secondary N) is 1. The van der Waals surface area contributed by atoms with Gasteiger partial charge in [-0.3, -0.25) is 13.9 Å². The molecule has 0 saturated heterocycles. The molecule has 2 aromatic rings. The molecule has 0 saturated carbocycles. The maximum atomic E-state index is 13.3. The Morgan fingerprint density at radius 1 is 1.06 bits per heavy atom. The number of nitrogens with zero attached hydrogens (tertiary/aromatic N) is 2. The molecule has 1 atom stereocenters. The first-order valence-corrected chi connectivity index (χ1v) is 14.9. The number of benzene rings is 2. The van der Waals surface area contributed by atoms with Gasteiger partial charge in [0.1, 0.15) is 6.04 Å². The maximum absolute atomic E-state index is 13.3. The molecule has 198 valence electrons. The number of hydrogen-bond donors (Lipinski definition) is 1. The SMILES string of the molecule is CCCCNC(=O)[C@@H](C)N(Cc1cccc(Br)c1)C(=O)CCCN(c1ccc(C)c(C)c1)S(C)(=O)=O. The van der Waals surface area contributed by atoms with Crippen LogP contribution < -0.4 is 9.62 Å². The smallest absolute Gasteiger partial charge is 0.242 e. The predicted molar refractivity (Wildman–Crippen MR) is 149 cm³/mol. The van der Waals surface area contributed by atoms with Crippen LogP contribution in [0, 0.1) is 13.8 Å². The molecule has 0 spiro atoms. The lowest BCUT2D eigenvalue weighted by Gasteiger charge is -2.29. The monoisotopic (exact) mass is 579 g/mol. The zero-order chi connectivity index (χ0) is 26.9. The van der Waals surface area contributed by atoms with Crippen molar-refractivity contribution < 1.29 is 18.0 Å². The van der Waals surface area contributed by atoms with E-state index in [0.717, 1.165) is 34.0 Å². The summed E-state index contributed by atoms with van der Waals surface area (Å²) < 4.78 is 27.2. The molecular weight excluding hydrogens is 542 g/mol. The first-order valence-electron chi connectivity index (χ1n) is 12.3. The lowest BCUT2D eigenvalue weighted by Crippen LogP contribution is -2.48. The number of hydrogen-bond acceptors (Lipinski definition) is 4. The summed E-state index contributed by atoms with van der Waals surface area (Å²) in [5.41, 5.74) is 3.57. The maximum Gasteiger partial charge on any atom is 0.242 e. The molecule has 36 heavy (non-hydrogen) atoms. The molecule has 2 amide bonds. The third-order valence-electron chi connectivity index (χ3n) is 6.17. The van der Waals surface area contributed by atoms with E-state index in [1.807, 2.05) is 50.2 Å². The van der Waals surface area contributed by atoms with E-state index in [1.165, 1.54) is 10.6 Å². The molecular formula is C27H38BrN3O4S. The number of unbranched alkanes of at least 4 members (excludes halogenated alkanes) is 1. The molecule has 2 rings (SSSR count). The Hall–Kier alpha value is -2.39. The highest BCUT2D eigenvalue weighted by molar-refractivity contribution is 9.10. The number of amides is 2. The van der Waals surface area contributed by atoms with Crippen molar-refractivity contribution in [2.24, 2.45) is 0 Å². The zero-order valence-corrected chi connectivity index (χ0v) is 24.3. The number of sulfonamides is 1. The number of aryl methyl sites for hydroxylation is 2. The third-order valence-corrected chi connectivity index (χ3v) is 7.86. The second kappa shape index (κ2) is 13.8. The van der Waals surface area contributed by atoms with Crippen LogP contribution >= 0.6 is 15.9 Å². The van der Waals surface area contributed by atoms with Crippen LogP contribution in [-0.4, -0.2) is 50.5 Å². The minimum atomic E-state index is -3.52. The van der Waals surface area contributed by atoms with E-state index in [-0.39, 0.29) is 31.3 Å². The Bertz CT molecular complexity index is 1150. The second-order valence-corrected chi connectivity index (χ2v) is 12.0. The molecule has 0 aliphatic heterocycles. The summed E-state index contributed by atoms with van der Waals surface area (Å²) in [4.78, 5) is 27.7. The van der Waals surface area contributed by atoms with E-state index >= 15 is 0 Å². The summed E-state index contributed by atoms with van der Waals surface area (Å²) in [6.07, 6.45) is 3.46. The number of rotatable bonds is 13. The lowest BCUT2D eigenvalue weighted by molar-refractivity contribution is -0.140. The number of halogens is 1. The van der Waals surface area contributed by atoms with Crippen molar-refractivity contribution in [1.29, 1.82) is 0 Å². The first kappa shape index (κ1) is 29.8. The fraction of sp³-hybridized carbons (Fsp3) is 0.481. The fourth-order valence-corrected chi connectivity index (χ4v) is 5.24. The second-order valence-electron chi connectivity index (χ2n) is 9.18. The highest BCUT2D eigenvalue weighted by Gasteiger charge is 2.26. The van der Waals surface area contributed by atoms with Crippen LogP contribution in [0.5, 0.6) is 0 Å². The van der Waals surface area contributed by atoms with Gasteiger partial charge in [-0.05, 0) is 74.6 Å². The van der Waals surface area contributed by atoms with Crippen molar-refractivity contribution in [3.05, 3.63) is 63.6 Å². The van der Waals surface area contributed by atoms with E-state index < -0.39 is 16.1 Å². The molecule has 0 aromatic heterocycles. The van der Waals surface area contributed by atoms with Crippen molar-refractivity contribution in [3.8, 4) is 0 Å². The van der Waals surface area contributed by atoms with Crippen molar-refractivity contribution in [2.45, 2.75) is 66.0 Å². The van der Waals surface area contributed by atoms with Crippen LogP contribution in [0.15, 0.2) is 46.9 Å². The standard InChI is InChI=1S/C27H38BrN3O4S/c1-6-7-15-29-27(33)22(4)30(19-23-10-8-11-24(28)18-23)26(32)12-9-16-31(36(5,34)35)25-14-13-20(2)21(3)17-25/h8,10-11,13-14,17-18,22H,6-7,9,12,15-16,19H2,1-5H3,(H,29,33)/t22-/m1/s1. The van der Waals surface area contributed by atoms with Crippen molar-refractivity contribution in [3.63, 3.8) is 0 Å². The number of carbonyl (C=O) groups is 2. The van der Waals surface area contributed by atoms with E-state index in [0.29, 0.717) is 18.7 Å². The molecule has 0 heterocycles. The van der Waals surface area contributed by atoms with Crippen molar-refractivity contribution in [2.75, 3.05) is 23.7 Å². The first-order chi connectivity index (χ1) is 16.9. The van der Waals surface area contributed by atoms with E-state index in [9.17, 15) is 18.0 Å². The van der Waals surface area contributed by atoms with Gasteiger partial charge < -0.3 is 10.2 Å². The van der Waals surface area contributed by atoms with Crippen LogP contribution in [0.2, 0.25) is 0 Å². The van der Waals surface area contributed by atoms with Gasteiger partial charge in [0.15, 0.2) is 0 Å². The summed E-state index contributed by atoms with van der Waals surface area (Å²) in [6, 6.07) is 12.5. The average molecular weight is 581 g/mol. The van der Waals surface area contributed by atoms with Gasteiger partial charge >= 0.3 is 0 Å². The van der Waals surface area contributed by atoms with E-state index in [2.05, 4.69) is 28.2 Å². The van der Waals surface area contributed by atoms with E-state index in [4.69, 9.17) is 0 Å². The summed E-state index contributed by atoms with van der Waals surface area (Å²) in [5.74, 6) is -0.388. The summed E-state index contributed by atoms with van der Waals surface area (Å²) >= 11 is 3.46. The van der Waals surface area contributed by atoms with Gasteiger partial charge in [-0.2, -0.15) is 0 Å². The minimum absolute atomic E-state index is 0.122. The summed E-state index contributed by atoms with van der Waals surface area (Å²) in [7, 11) is -3.52. The van der Waals surface area contributed by atoms with Gasteiger partial charge in [-0.15, -0.1) is 0 Å². The molecule has 7 nitrogen and oxygen atoms in total. The molecule has 9 heteroatoms. The summed E-state index contributed by atoms with van der Waals surface area (Å²) in [5, 5.41) is 2.91. The van der Waals surface area contributed by atoms with Gasteiger partial charge in [0.2, 0.25) is 21.8 Å². The van der Waals surface area contributed by atoms with Gasteiger partial charge in [0, 0.05) is 30.5 Å². The van der Waals surface area contributed by atoms with Gasteiger partial charge in [0.05, 0.1) is 11.9 Å². The molecule has 0 radical (unpaired) electrons. The van der Waals surface area contributed by atoms with Crippen LogP contribution in [0.1, 0.15) is 56.2 Å². The van der Waals surface area contributed by atoms with Crippen LogP contribution in [-0.2, 0) is 26.2 Å². The Kier molecular flexibility index (Phi) is 11.4. The Morgan fingerprint density at radius 3 is 2.39 bits per heavy atom. The lowest BCUT2D eigenvalue weighted by atomic mass is 10.1. The third kappa shape index (κ3) is 8.92. The van der Waals surface area contributed by atoms with Gasteiger partial charge in [-0.1, -0.05) is 47.5 Å². The van der Waals surface area contributed by atoms with Crippen LogP contribution in [0.4, 0.5) is 5.69 Å². The molecule has 0 aliphatic rings. The minimum Gasteiger partial charge on any atom is -0.354 e. The molecule has 0 bridgehead atoms. The number of carbonyl (C=O) groups excluding carboxylic acids is 2. The average Bonchev–Trinajstić information content (AvgIpc) is 2.81. The van der Waals surface area contributed by atoms with Crippen molar-refractivity contribution in [1.82, 2.24) is 10.2 Å². The molecule has 0 aliphatic carbocycles. The van der Waals surface area contributed by atoms with Crippen LogP contribution in [0.3, 0.4) is 0 Å². The summed E-state index contributed by atoms with van der Waals surface area (Å²) in [6.45, 7) is 8.73. The van der Waals surface area contributed by atoms with Gasteiger partial charge in [0.25, 0.3) is 0 Å². The molecule has 0 unspecified atom stereocenters. The Labute approximate surface area is 224 Å². The largest absolute Gasteiger partial charge is 0.354 e. The molecule has 2 aromatic carbocycles. The highest BCUT2D eigenvalue weighted by atomic mass is 79.9. The molecule has 0 fully saturated rings. The van der Waals surface area contributed by atoms with Crippen molar-refractivity contribution >= 4 is 43.5 Å². The van der Waals surface area contributed by atoms with E-state index in [1.54, 1.807) is 17.9 Å². The highest BCUT2D eigenvalue weighted by Crippen LogP contribution is 2.22. The Morgan fingerprint density at radius 2 is 1.78 bits per heavy atom. The molecule has 1 N–H and O–H groups in total. The topological polar surface area (TPSA) is 86.8 Å². The fourth-order valence-electron chi connectivity index (χ4n) is 3.84. The zero-order valence-electron chi connectivity index (χ0n) is 21.9. The van der Waals surface area contributed by atoms with Gasteiger partial charge in [-0.25, -0.2) is 8.42 Å². The normalized spacial score (nSPS) is 12.2. The Balaban J connectivity index is 2.16. The van der Waals surface area contributed by atoms with Crippen LogP contribution in [0.25, 0.3) is 0 Å². The number of anilines is 1. The predicted octanol–water partition coefficient (Wildman–Crippen LogP) is 4.95. The quantitative estimate of drug-likeness (QED) is 0.340.